The van der Waals surface area contributed by atoms with Gasteiger partial charge in [-0.2, -0.15) is 0 Å². The lowest BCUT2D eigenvalue weighted by atomic mass is 10.2. The van der Waals surface area contributed by atoms with E-state index < -0.39 is 35.7 Å². The molecule has 0 radical (unpaired) electrons. The molecule has 0 aromatic carbocycles. The van der Waals surface area contributed by atoms with Crippen molar-refractivity contribution >= 4 is 11.9 Å². The van der Waals surface area contributed by atoms with Crippen molar-refractivity contribution in [3.8, 4) is 0 Å². The molecule has 1 aromatic rings. The van der Waals surface area contributed by atoms with Gasteiger partial charge in [0.25, 0.3) is 6.43 Å². The van der Waals surface area contributed by atoms with Crippen LogP contribution in [0.25, 0.3) is 0 Å². The molecule has 1 aliphatic carbocycles. The van der Waals surface area contributed by atoms with Crippen molar-refractivity contribution in [3.63, 3.8) is 0 Å². The molecule has 1 fully saturated rings. The summed E-state index contributed by atoms with van der Waals surface area (Å²) >= 11 is 0. The van der Waals surface area contributed by atoms with Crippen molar-refractivity contribution in [2.24, 2.45) is 0 Å². The Morgan fingerprint density at radius 1 is 1.47 bits per heavy atom. The van der Waals surface area contributed by atoms with Crippen molar-refractivity contribution in [2.75, 3.05) is 0 Å². The molecule has 1 atom stereocenters. The number of aromatic nitrogens is 3. The average Bonchev–Trinajstić information content (AvgIpc) is 3.02. The Morgan fingerprint density at radius 2 is 2.11 bits per heavy atom. The molecule has 1 amide bonds. The van der Waals surface area contributed by atoms with Crippen LogP contribution < -0.4 is 5.32 Å². The van der Waals surface area contributed by atoms with Crippen LogP contribution in [-0.4, -0.2) is 38.0 Å². The Balaban J connectivity index is 2.27. The zero-order chi connectivity index (χ0) is 14.2. The molecule has 1 aromatic heterocycles. The van der Waals surface area contributed by atoms with Crippen LogP contribution in [-0.2, 0) is 4.79 Å². The van der Waals surface area contributed by atoms with Gasteiger partial charge in [0.1, 0.15) is 11.7 Å². The molecule has 1 heterocycles. The number of nitrogens with zero attached hydrogens (tertiary/aromatic N) is 3. The highest BCUT2D eigenvalue weighted by Crippen LogP contribution is 2.25. The first-order valence-corrected chi connectivity index (χ1v) is 5.68. The number of halogens is 2. The third kappa shape index (κ3) is 2.69. The zero-order valence-corrected chi connectivity index (χ0v) is 10.0. The summed E-state index contributed by atoms with van der Waals surface area (Å²) in [5.74, 6) is -2.08. The van der Waals surface area contributed by atoms with Gasteiger partial charge in [0.15, 0.2) is 5.69 Å². The molecule has 7 nitrogen and oxygen atoms in total. The number of alkyl halides is 2. The number of carbonyl (C=O) groups is 2. The Labute approximate surface area is 106 Å². The number of rotatable bonds is 5. The summed E-state index contributed by atoms with van der Waals surface area (Å²) in [5.41, 5.74) is -1.69. The number of carbonyl (C=O) groups excluding carboxylic acids is 1. The van der Waals surface area contributed by atoms with Crippen molar-refractivity contribution in [1.82, 2.24) is 20.3 Å². The van der Waals surface area contributed by atoms with Crippen LogP contribution >= 0.6 is 0 Å². The van der Waals surface area contributed by atoms with Crippen LogP contribution in [0.5, 0.6) is 0 Å². The van der Waals surface area contributed by atoms with Crippen molar-refractivity contribution in [3.05, 3.63) is 11.4 Å². The predicted octanol–water partition coefficient (Wildman–Crippen LogP) is 0.753. The van der Waals surface area contributed by atoms with Gasteiger partial charge >= 0.3 is 5.97 Å². The van der Waals surface area contributed by atoms with E-state index in [1.165, 1.54) is 6.92 Å². The first-order chi connectivity index (χ1) is 8.91. The number of hydrogen-bond donors (Lipinski definition) is 2. The van der Waals surface area contributed by atoms with Crippen LogP contribution in [0.4, 0.5) is 8.78 Å². The minimum absolute atomic E-state index is 0.0763. The molecule has 0 spiro atoms. The standard InChI is InChI=1S/C10H12F2N4O3/c1-4(9(17)13-5-2-3-5)16-7(8(11)12)6(10(18)19)14-15-16/h4-5,8H,2-3H2,1H3,(H,13,17)(H,18,19). The Kier molecular flexibility index (Phi) is 3.45. The van der Waals surface area contributed by atoms with Crippen LogP contribution in [0.3, 0.4) is 0 Å². The maximum atomic E-state index is 12.9. The molecule has 1 unspecified atom stereocenters. The zero-order valence-electron chi connectivity index (χ0n) is 10.0. The lowest BCUT2D eigenvalue weighted by Crippen LogP contribution is -2.33. The van der Waals surface area contributed by atoms with E-state index in [0.717, 1.165) is 12.8 Å². The normalized spacial score (nSPS) is 16.4. The van der Waals surface area contributed by atoms with Gasteiger partial charge in [0, 0.05) is 6.04 Å². The number of carboxylic acid groups (broad SMARTS) is 1. The summed E-state index contributed by atoms with van der Waals surface area (Å²) in [5, 5.41) is 17.9. The van der Waals surface area contributed by atoms with Gasteiger partial charge < -0.3 is 10.4 Å². The third-order valence-electron chi connectivity index (χ3n) is 2.81. The Hall–Kier alpha value is -2.06. The second-order valence-corrected chi connectivity index (χ2v) is 4.33. The maximum absolute atomic E-state index is 12.9. The molecule has 1 aliphatic rings. The quantitative estimate of drug-likeness (QED) is 0.826. The van der Waals surface area contributed by atoms with Crippen molar-refractivity contribution in [2.45, 2.75) is 38.3 Å². The van der Waals surface area contributed by atoms with Crippen LogP contribution in [0.2, 0.25) is 0 Å². The van der Waals surface area contributed by atoms with Gasteiger partial charge in [-0.25, -0.2) is 18.3 Å². The SMILES string of the molecule is CC(C(=O)NC1CC1)n1nnc(C(=O)O)c1C(F)F. The van der Waals surface area contributed by atoms with E-state index in [1.54, 1.807) is 0 Å². The fraction of sp³-hybridized carbons (Fsp3) is 0.600. The first-order valence-electron chi connectivity index (χ1n) is 5.68. The summed E-state index contributed by atoms with van der Waals surface area (Å²) in [4.78, 5) is 22.5. The second kappa shape index (κ2) is 4.90. The predicted molar refractivity (Wildman–Crippen MR) is 57.8 cm³/mol. The fourth-order valence-corrected chi connectivity index (χ4v) is 1.60. The Bertz CT molecular complexity index is 513. The van der Waals surface area contributed by atoms with Gasteiger partial charge in [-0.15, -0.1) is 5.10 Å². The molecule has 9 heteroatoms. The number of hydrogen-bond acceptors (Lipinski definition) is 4. The highest BCUT2D eigenvalue weighted by Gasteiger charge is 2.32. The molecule has 2 N–H and O–H groups in total. The van der Waals surface area contributed by atoms with E-state index in [-0.39, 0.29) is 6.04 Å². The average molecular weight is 274 g/mol. The largest absolute Gasteiger partial charge is 0.476 e. The number of amides is 1. The lowest BCUT2D eigenvalue weighted by molar-refractivity contribution is -0.124. The molecule has 0 bridgehead atoms. The molecule has 104 valence electrons. The minimum Gasteiger partial charge on any atom is -0.476 e. The fourth-order valence-electron chi connectivity index (χ4n) is 1.60. The van der Waals surface area contributed by atoms with Crippen molar-refractivity contribution < 1.29 is 23.5 Å². The van der Waals surface area contributed by atoms with Gasteiger partial charge in [-0.05, 0) is 19.8 Å². The monoisotopic (exact) mass is 274 g/mol. The first kappa shape index (κ1) is 13.4. The molecular formula is C10H12F2N4O3. The molecule has 1 saturated carbocycles. The van der Waals surface area contributed by atoms with Crippen molar-refractivity contribution in [1.29, 1.82) is 0 Å². The molecular weight excluding hydrogens is 262 g/mol. The van der Waals surface area contributed by atoms with E-state index in [2.05, 4.69) is 15.6 Å². The highest BCUT2D eigenvalue weighted by molar-refractivity contribution is 5.87. The Morgan fingerprint density at radius 3 is 2.58 bits per heavy atom. The van der Waals surface area contributed by atoms with Gasteiger partial charge in [0.2, 0.25) is 5.91 Å². The second-order valence-electron chi connectivity index (χ2n) is 4.33. The maximum Gasteiger partial charge on any atom is 0.358 e. The van der Waals surface area contributed by atoms with E-state index >= 15 is 0 Å². The molecule has 0 aliphatic heterocycles. The summed E-state index contributed by atoms with van der Waals surface area (Å²) in [6, 6.07) is -0.961. The van der Waals surface area contributed by atoms with Crippen LogP contribution in [0.1, 0.15) is 48.4 Å². The lowest BCUT2D eigenvalue weighted by Gasteiger charge is -2.14. The summed E-state index contributed by atoms with van der Waals surface area (Å²) < 4.78 is 26.4. The molecule has 0 saturated heterocycles. The van der Waals surface area contributed by atoms with Gasteiger partial charge in [-0.1, -0.05) is 5.21 Å². The summed E-state index contributed by atoms with van der Waals surface area (Å²) in [6.07, 6.45) is -1.35. The number of nitrogens with one attached hydrogen (secondary N) is 1. The highest BCUT2D eigenvalue weighted by atomic mass is 19.3. The summed E-state index contributed by atoms with van der Waals surface area (Å²) in [7, 11) is 0. The number of aromatic carboxylic acids is 1. The number of carboxylic acids is 1. The van der Waals surface area contributed by atoms with Crippen LogP contribution in [0.15, 0.2) is 0 Å². The summed E-state index contributed by atoms with van der Waals surface area (Å²) in [6.45, 7) is 1.36. The van der Waals surface area contributed by atoms with E-state index in [1.807, 2.05) is 0 Å². The topological polar surface area (TPSA) is 97.1 Å². The van der Waals surface area contributed by atoms with Gasteiger partial charge in [0.05, 0.1) is 0 Å². The van der Waals surface area contributed by atoms with E-state index in [0.29, 0.717) is 4.68 Å². The van der Waals surface area contributed by atoms with Crippen LogP contribution in [0, 0.1) is 0 Å². The molecule has 2 rings (SSSR count). The van der Waals surface area contributed by atoms with E-state index in [4.69, 9.17) is 5.11 Å². The van der Waals surface area contributed by atoms with E-state index in [9.17, 15) is 18.4 Å². The third-order valence-corrected chi connectivity index (χ3v) is 2.81. The molecule has 19 heavy (non-hydrogen) atoms. The smallest absolute Gasteiger partial charge is 0.358 e. The minimum atomic E-state index is -3.07. The van der Waals surface area contributed by atoms with Gasteiger partial charge in [-0.3, -0.25) is 4.79 Å².